The molecular weight excluding hydrogens is 450 g/mol. The second-order valence-electron chi connectivity index (χ2n) is 9.26. The van der Waals surface area contributed by atoms with E-state index in [0.29, 0.717) is 29.7 Å². The number of fused-ring (bicyclic) bond motifs is 1. The smallest absolute Gasteiger partial charge is 0.412 e. The largest absolute Gasteiger partial charge is 0.444 e. The van der Waals surface area contributed by atoms with Gasteiger partial charge in [-0.2, -0.15) is 4.98 Å². The molecule has 0 saturated heterocycles. The predicted molar refractivity (Wildman–Crippen MR) is 134 cm³/mol. The van der Waals surface area contributed by atoms with Crippen LogP contribution in [0.25, 0.3) is 10.9 Å². The first-order valence-electron chi connectivity index (χ1n) is 11.3. The van der Waals surface area contributed by atoms with E-state index >= 15 is 0 Å². The van der Waals surface area contributed by atoms with E-state index in [0.717, 1.165) is 5.69 Å². The summed E-state index contributed by atoms with van der Waals surface area (Å²) in [7, 11) is 1.70. The molecular formula is C25H31N5O5. The van der Waals surface area contributed by atoms with Gasteiger partial charge in [-0.1, -0.05) is 6.07 Å². The highest BCUT2D eigenvalue weighted by Crippen LogP contribution is 2.24. The van der Waals surface area contributed by atoms with Crippen molar-refractivity contribution in [3.05, 3.63) is 58.2 Å². The summed E-state index contributed by atoms with van der Waals surface area (Å²) in [5, 5.41) is 5.75. The van der Waals surface area contributed by atoms with Crippen molar-refractivity contribution < 1.29 is 18.7 Å². The van der Waals surface area contributed by atoms with E-state index in [-0.39, 0.29) is 17.3 Å². The van der Waals surface area contributed by atoms with Gasteiger partial charge in [0.1, 0.15) is 11.6 Å². The van der Waals surface area contributed by atoms with Gasteiger partial charge < -0.3 is 19.4 Å². The second-order valence-corrected chi connectivity index (χ2v) is 9.26. The SMILES string of the molecule is Cc1c(NC(=O)OC(C)(C)C)ccc2nc(NC(C)C(=O)N(C)CCc3ccccn3)oc(=O)c12. The number of likely N-dealkylation sites (N-methyl/N-ethyl adjacent to an activating group) is 1. The number of ether oxygens (including phenoxy) is 1. The van der Waals surface area contributed by atoms with Gasteiger partial charge in [-0.15, -0.1) is 0 Å². The molecule has 0 fully saturated rings. The van der Waals surface area contributed by atoms with E-state index in [1.54, 1.807) is 64.9 Å². The standard InChI is InChI=1S/C25H31N5O5/c1-15-18(29-24(33)35-25(3,4)5)10-11-19-20(15)22(32)34-23(28-19)27-16(2)21(31)30(6)14-12-17-9-7-8-13-26-17/h7-11,13,16H,12,14H2,1-6H3,(H,27,28)(H,29,33). The number of hydrogen-bond acceptors (Lipinski definition) is 8. The average molecular weight is 482 g/mol. The molecule has 10 nitrogen and oxygen atoms in total. The number of hydrogen-bond donors (Lipinski definition) is 2. The molecule has 0 saturated carbocycles. The van der Waals surface area contributed by atoms with Crippen molar-refractivity contribution in [3.8, 4) is 0 Å². The molecule has 0 spiro atoms. The Hall–Kier alpha value is -3.95. The Morgan fingerprint density at radius 2 is 1.94 bits per heavy atom. The van der Waals surface area contributed by atoms with Crippen LogP contribution in [-0.2, 0) is 16.0 Å². The number of amides is 2. The maximum atomic E-state index is 12.8. The lowest BCUT2D eigenvalue weighted by molar-refractivity contribution is -0.130. The highest BCUT2D eigenvalue weighted by atomic mass is 16.6. The van der Waals surface area contributed by atoms with Crippen LogP contribution in [0.2, 0.25) is 0 Å². The van der Waals surface area contributed by atoms with Crippen LogP contribution in [0.1, 0.15) is 39.0 Å². The number of anilines is 2. The van der Waals surface area contributed by atoms with E-state index < -0.39 is 23.4 Å². The fraction of sp³-hybridized carbons (Fsp3) is 0.400. The van der Waals surface area contributed by atoms with E-state index in [9.17, 15) is 14.4 Å². The molecule has 3 aromatic rings. The third-order valence-electron chi connectivity index (χ3n) is 5.21. The fourth-order valence-electron chi connectivity index (χ4n) is 3.45. The van der Waals surface area contributed by atoms with Crippen molar-refractivity contribution in [2.24, 2.45) is 0 Å². The first-order chi connectivity index (χ1) is 16.4. The number of carbonyl (C=O) groups excluding carboxylic acids is 2. The molecule has 1 aromatic carbocycles. The minimum atomic E-state index is -0.675. The van der Waals surface area contributed by atoms with Gasteiger partial charge in [-0.25, -0.2) is 9.59 Å². The van der Waals surface area contributed by atoms with Crippen molar-refractivity contribution >= 4 is 34.6 Å². The molecule has 2 amide bonds. The van der Waals surface area contributed by atoms with Crippen molar-refractivity contribution in [2.45, 2.75) is 52.7 Å². The lowest BCUT2D eigenvalue weighted by Gasteiger charge is -2.22. The normalized spacial score (nSPS) is 12.2. The average Bonchev–Trinajstić information content (AvgIpc) is 2.78. The zero-order valence-electron chi connectivity index (χ0n) is 20.8. The van der Waals surface area contributed by atoms with Gasteiger partial charge in [0.15, 0.2) is 0 Å². The molecule has 2 N–H and O–H groups in total. The molecule has 0 bridgehead atoms. The minimum absolute atomic E-state index is 0.0614. The maximum Gasteiger partial charge on any atom is 0.412 e. The van der Waals surface area contributed by atoms with Gasteiger partial charge in [0, 0.05) is 37.6 Å². The van der Waals surface area contributed by atoms with Gasteiger partial charge >= 0.3 is 11.7 Å². The van der Waals surface area contributed by atoms with E-state index in [2.05, 4.69) is 20.6 Å². The molecule has 0 aliphatic rings. The molecule has 186 valence electrons. The Morgan fingerprint density at radius 1 is 1.20 bits per heavy atom. The summed E-state index contributed by atoms with van der Waals surface area (Å²) >= 11 is 0. The molecule has 2 heterocycles. The van der Waals surface area contributed by atoms with E-state index in [4.69, 9.17) is 9.15 Å². The Morgan fingerprint density at radius 3 is 2.60 bits per heavy atom. The summed E-state index contributed by atoms with van der Waals surface area (Å²) < 4.78 is 10.6. The summed E-state index contributed by atoms with van der Waals surface area (Å²) in [5.41, 5.74) is 0.895. The van der Waals surface area contributed by atoms with Gasteiger partial charge in [-0.05, 0) is 64.4 Å². The van der Waals surface area contributed by atoms with Crippen LogP contribution in [-0.4, -0.2) is 52.1 Å². The van der Waals surface area contributed by atoms with E-state index in [1.165, 1.54) is 0 Å². The number of carbonyl (C=O) groups is 2. The monoisotopic (exact) mass is 481 g/mol. The Kier molecular flexibility index (Phi) is 7.73. The Balaban J connectivity index is 1.71. The van der Waals surface area contributed by atoms with Gasteiger partial charge in [-0.3, -0.25) is 15.1 Å². The number of aryl methyl sites for hydroxylation is 1. The lowest BCUT2D eigenvalue weighted by Crippen LogP contribution is -2.40. The number of nitrogens with one attached hydrogen (secondary N) is 2. The second kappa shape index (κ2) is 10.5. The number of rotatable bonds is 7. The van der Waals surface area contributed by atoms with Crippen LogP contribution in [0.4, 0.5) is 16.5 Å². The zero-order chi connectivity index (χ0) is 25.8. The highest BCUT2D eigenvalue weighted by Gasteiger charge is 2.21. The third kappa shape index (κ3) is 6.78. The van der Waals surface area contributed by atoms with Gasteiger partial charge in [0.2, 0.25) is 5.91 Å². The summed E-state index contributed by atoms with van der Waals surface area (Å²) in [5.74, 6) is -0.182. The fourth-order valence-corrected chi connectivity index (χ4v) is 3.45. The molecule has 1 atom stereocenters. The summed E-state index contributed by atoms with van der Waals surface area (Å²) in [4.78, 5) is 47.8. The van der Waals surface area contributed by atoms with Gasteiger partial charge in [0.25, 0.3) is 6.01 Å². The molecule has 2 aromatic heterocycles. The first kappa shape index (κ1) is 25.7. The number of aromatic nitrogens is 2. The lowest BCUT2D eigenvalue weighted by atomic mass is 10.1. The molecule has 0 aliphatic carbocycles. The zero-order valence-corrected chi connectivity index (χ0v) is 20.8. The summed E-state index contributed by atoms with van der Waals surface area (Å²) in [6, 6.07) is 8.15. The number of pyridine rings is 1. The predicted octanol–water partition coefficient (Wildman–Crippen LogP) is 3.74. The Labute approximate surface area is 203 Å². The molecule has 10 heteroatoms. The third-order valence-corrected chi connectivity index (χ3v) is 5.21. The highest BCUT2D eigenvalue weighted by molar-refractivity contribution is 5.93. The first-order valence-corrected chi connectivity index (χ1v) is 11.3. The van der Waals surface area contributed by atoms with Crippen LogP contribution in [0.5, 0.6) is 0 Å². The molecule has 35 heavy (non-hydrogen) atoms. The van der Waals surface area contributed by atoms with E-state index in [1.807, 2.05) is 18.2 Å². The van der Waals surface area contributed by atoms with Crippen molar-refractivity contribution in [3.63, 3.8) is 0 Å². The molecule has 3 rings (SSSR count). The molecule has 1 unspecified atom stereocenters. The van der Waals surface area contributed by atoms with Crippen LogP contribution in [0, 0.1) is 6.92 Å². The number of benzene rings is 1. The summed E-state index contributed by atoms with van der Waals surface area (Å²) in [6.45, 7) is 9.13. The Bertz CT molecular complexity index is 1270. The molecule has 0 radical (unpaired) electrons. The quantitative estimate of drug-likeness (QED) is 0.523. The summed E-state index contributed by atoms with van der Waals surface area (Å²) in [6.07, 6.45) is 1.71. The van der Waals surface area contributed by atoms with Crippen LogP contribution in [0.15, 0.2) is 45.7 Å². The maximum absolute atomic E-state index is 12.8. The van der Waals surface area contributed by atoms with Crippen molar-refractivity contribution in [1.82, 2.24) is 14.9 Å². The topological polar surface area (TPSA) is 127 Å². The minimum Gasteiger partial charge on any atom is -0.444 e. The van der Waals surface area contributed by atoms with Crippen LogP contribution in [0.3, 0.4) is 0 Å². The van der Waals surface area contributed by atoms with Gasteiger partial charge in [0.05, 0.1) is 10.9 Å². The van der Waals surface area contributed by atoms with Crippen LogP contribution < -0.4 is 16.3 Å². The van der Waals surface area contributed by atoms with Crippen LogP contribution >= 0.6 is 0 Å². The van der Waals surface area contributed by atoms with Crippen molar-refractivity contribution in [1.29, 1.82) is 0 Å². The van der Waals surface area contributed by atoms with Crippen molar-refractivity contribution in [2.75, 3.05) is 24.2 Å². The number of nitrogens with zero attached hydrogens (tertiary/aromatic N) is 3. The molecule has 0 aliphatic heterocycles.